The molecule has 26 heavy (non-hydrogen) atoms. The zero-order chi connectivity index (χ0) is 17.8. The van der Waals surface area contributed by atoms with E-state index in [0.717, 1.165) is 22.3 Å². The van der Waals surface area contributed by atoms with Gasteiger partial charge in [0.15, 0.2) is 0 Å². The standard InChI is InChI=1S/C24H21NO/c26-23(19-10-4-1-5-11-19)20-16-17-25-24(18-20,21-12-6-2-7-13-21)22-14-8-3-9-15-22/h1-18,23,25-26H. The van der Waals surface area contributed by atoms with Crippen LogP contribution >= 0.6 is 0 Å². The minimum Gasteiger partial charge on any atom is -0.384 e. The second-order valence-electron chi connectivity index (χ2n) is 6.48. The monoisotopic (exact) mass is 339 g/mol. The van der Waals surface area contributed by atoms with E-state index < -0.39 is 11.6 Å². The Labute approximate surface area is 154 Å². The number of rotatable bonds is 4. The summed E-state index contributed by atoms with van der Waals surface area (Å²) in [7, 11) is 0. The summed E-state index contributed by atoms with van der Waals surface area (Å²) in [6.45, 7) is 0. The number of dihydropyridines is 1. The molecule has 0 amide bonds. The molecule has 128 valence electrons. The van der Waals surface area contributed by atoms with Gasteiger partial charge >= 0.3 is 0 Å². The van der Waals surface area contributed by atoms with Crippen LogP contribution in [-0.2, 0) is 5.54 Å². The van der Waals surface area contributed by atoms with E-state index in [0.29, 0.717) is 0 Å². The minimum atomic E-state index is -0.665. The Morgan fingerprint density at radius 3 is 1.73 bits per heavy atom. The smallest absolute Gasteiger partial charge is 0.107 e. The van der Waals surface area contributed by atoms with Crippen LogP contribution in [0.4, 0.5) is 0 Å². The van der Waals surface area contributed by atoms with Crippen molar-refractivity contribution in [3.05, 3.63) is 132 Å². The molecule has 2 N–H and O–H groups in total. The molecule has 2 heteroatoms. The molecule has 1 aliphatic rings. The maximum absolute atomic E-state index is 10.9. The molecule has 0 saturated heterocycles. The van der Waals surface area contributed by atoms with Crippen LogP contribution in [0.3, 0.4) is 0 Å². The van der Waals surface area contributed by atoms with Crippen LogP contribution in [0.1, 0.15) is 22.8 Å². The van der Waals surface area contributed by atoms with Crippen LogP contribution in [0.25, 0.3) is 0 Å². The second-order valence-corrected chi connectivity index (χ2v) is 6.48. The summed E-state index contributed by atoms with van der Waals surface area (Å²) in [5.41, 5.74) is 3.52. The first-order chi connectivity index (χ1) is 12.8. The molecule has 1 atom stereocenters. The Kier molecular flexibility index (Phi) is 4.42. The first kappa shape index (κ1) is 16.4. The van der Waals surface area contributed by atoms with Gasteiger partial charge in [-0.05, 0) is 40.6 Å². The van der Waals surface area contributed by atoms with E-state index in [-0.39, 0.29) is 0 Å². The van der Waals surface area contributed by atoms with Crippen LogP contribution in [0.15, 0.2) is 115 Å². The van der Waals surface area contributed by atoms with Gasteiger partial charge in [-0.1, -0.05) is 91.0 Å². The van der Waals surface area contributed by atoms with Crippen molar-refractivity contribution in [1.82, 2.24) is 5.32 Å². The molecule has 0 fully saturated rings. The van der Waals surface area contributed by atoms with E-state index in [1.807, 2.05) is 79.0 Å². The van der Waals surface area contributed by atoms with Crippen LogP contribution in [-0.4, -0.2) is 5.11 Å². The lowest BCUT2D eigenvalue weighted by Gasteiger charge is -2.36. The molecule has 1 unspecified atom stereocenters. The third kappa shape index (κ3) is 2.96. The van der Waals surface area contributed by atoms with E-state index in [9.17, 15) is 5.11 Å². The summed E-state index contributed by atoms with van der Waals surface area (Å²) in [4.78, 5) is 0. The van der Waals surface area contributed by atoms with Gasteiger partial charge in [-0.2, -0.15) is 0 Å². The van der Waals surface area contributed by atoms with Gasteiger partial charge in [0.25, 0.3) is 0 Å². The van der Waals surface area contributed by atoms with Crippen molar-refractivity contribution in [3.63, 3.8) is 0 Å². The summed E-state index contributed by atoms with van der Waals surface area (Å²) in [5.74, 6) is 0. The lowest BCUT2D eigenvalue weighted by molar-refractivity contribution is 0.217. The zero-order valence-electron chi connectivity index (χ0n) is 14.4. The van der Waals surface area contributed by atoms with Gasteiger partial charge in [0.2, 0.25) is 0 Å². The predicted molar refractivity (Wildman–Crippen MR) is 105 cm³/mol. The third-order valence-electron chi connectivity index (χ3n) is 4.86. The van der Waals surface area contributed by atoms with Crippen molar-refractivity contribution in [2.75, 3.05) is 0 Å². The van der Waals surface area contributed by atoms with Crippen LogP contribution < -0.4 is 5.32 Å². The van der Waals surface area contributed by atoms with E-state index in [4.69, 9.17) is 0 Å². The molecule has 0 aromatic heterocycles. The van der Waals surface area contributed by atoms with Gasteiger partial charge in [-0.3, -0.25) is 0 Å². The van der Waals surface area contributed by atoms with E-state index in [1.165, 1.54) is 0 Å². The minimum absolute atomic E-state index is 0.512. The van der Waals surface area contributed by atoms with Crippen molar-refractivity contribution in [2.24, 2.45) is 0 Å². The lowest BCUT2D eigenvalue weighted by atomic mass is 9.79. The van der Waals surface area contributed by atoms with E-state index in [2.05, 4.69) is 35.7 Å². The van der Waals surface area contributed by atoms with Crippen molar-refractivity contribution < 1.29 is 5.11 Å². The average Bonchev–Trinajstić information content (AvgIpc) is 2.75. The molecule has 0 radical (unpaired) electrons. The summed E-state index contributed by atoms with van der Waals surface area (Å²) in [6, 6.07) is 30.4. The highest BCUT2D eigenvalue weighted by Crippen LogP contribution is 2.37. The fraction of sp³-hybridized carbons (Fsp3) is 0.0833. The molecule has 0 saturated carbocycles. The van der Waals surface area contributed by atoms with Gasteiger partial charge in [0.1, 0.15) is 11.6 Å². The number of aliphatic hydroxyl groups excluding tert-OH is 1. The molecular weight excluding hydrogens is 318 g/mol. The summed E-state index contributed by atoms with van der Waals surface area (Å²) < 4.78 is 0. The quantitative estimate of drug-likeness (QED) is 0.722. The second kappa shape index (κ2) is 7.03. The maximum atomic E-state index is 10.9. The number of hydrogen-bond acceptors (Lipinski definition) is 2. The number of benzene rings is 3. The number of hydrogen-bond donors (Lipinski definition) is 2. The van der Waals surface area contributed by atoms with Gasteiger partial charge < -0.3 is 10.4 Å². The molecular formula is C24H21NO. The van der Waals surface area contributed by atoms with Crippen molar-refractivity contribution >= 4 is 0 Å². The molecule has 2 nitrogen and oxygen atoms in total. The Morgan fingerprint density at radius 1 is 0.692 bits per heavy atom. The number of aliphatic hydroxyl groups is 1. The molecule has 3 aromatic carbocycles. The Balaban J connectivity index is 1.85. The molecule has 0 bridgehead atoms. The van der Waals surface area contributed by atoms with Gasteiger partial charge in [-0.15, -0.1) is 0 Å². The Morgan fingerprint density at radius 2 is 1.19 bits per heavy atom. The highest BCUT2D eigenvalue weighted by atomic mass is 16.3. The highest BCUT2D eigenvalue weighted by Gasteiger charge is 2.34. The summed E-state index contributed by atoms with van der Waals surface area (Å²) in [6.07, 6.45) is 5.35. The fourth-order valence-corrected chi connectivity index (χ4v) is 3.51. The molecule has 0 aliphatic carbocycles. The van der Waals surface area contributed by atoms with Gasteiger partial charge in [0, 0.05) is 0 Å². The summed E-state index contributed by atoms with van der Waals surface area (Å²) in [5, 5.41) is 14.5. The molecule has 4 rings (SSSR count). The predicted octanol–water partition coefficient (Wildman–Crippen LogP) is 4.71. The number of nitrogens with one attached hydrogen (secondary N) is 1. The first-order valence-corrected chi connectivity index (χ1v) is 8.81. The first-order valence-electron chi connectivity index (χ1n) is 8.81. The van der Waals surface area contributed by atoms with Crippen molar-refractivity contribution in [3.8, 4) is 0 Å². The summed E-state index contributed by atoms with van der Waals surface area (Å²) >= 11 is 0. The fourth-order valence-electron chi connectivity index (χ4n) is 3.51. The van der Waals surface area contributed by atoms with Gasteiger partial charge in [-0.25, -0.2) is 0 Å². The largest absolute Gasteiger partial charge is 0.384 e. The Bertz CT molecular complexity index is 875. The van der Waals surface area contributed by atoms with Crippen molar-refractivity contribution in [1.29, 1.82) is 0 Å². The normalized spacial score (nSPS) is 16.4. The lowest BCUT2D eigenvalue weighted by Crippen LogP contribution is -2.40. The van der Waals surface area contributed by atoms with Crippen LogP contribution in [0.2, 0.25) is 0 Å². The average molecular weight is 339 g/mol. The molecule has 0 spiro atoms. The van der Waals surface area contributed by atoms with Crippen LogP contribution in [0, 0.1) is 0 Å². The van der Waals surface area contributed by atoms with Crippen LogP contribution in [0.5, 0.6) is 0 Å². The third-order valence-corrected chi connectivity index (χ3v) is 4.86. The molecule has 1 aliphatic heterocycles. The zero-order valence-corrected chi connectivity index (χ0v) is 14.4. The SMILES string of the molecule is OC(C1=CC(c2ccccc2)(c2ccccc2)NC=C1)c1ccccc1. The van der Waals surface area contributed by atoms with Gasteiger partial charge in [0.05, 0.1) is 0 Å². The topological polar surface area (TPSA) is 32.3 Å². The van der Waals surface area contributed by atoms with E-state index >= 15 is 0 Å². The molecule has 1 heterocycles. The highest BCUT2D eigenvalue weighted by molar-refractivity contribution is 5.49. The Hall–Kier alpha value is -3.10. The maximum Gasteiger partial charge on any atom is 0.107 e. The molecule has 3 aromatic rings. The van der Waals surface area contributed by atoms with Crippen molar-refractivity contribution in [2.45, 2.75) is 11.6 Å². The van der Waals surface area contributed by atoms with E-state index in [1.54, 1.807) is 0 Å².